The normalized spacial score (nSPS) is 11.3. The number of thiocarbonyl (C=S) groups is 1. The number of aromatic nitrogens is 1. The molecule has 9 nitrogen and oxygen atoms in total. The molecule has 0 aliphatic carbocycles. The van der Waals surface area contributed by atoms with Gasteiger partial charge in [0.25, 0.3) is 5.69 Å². The number of carbonyl (C=O) groups excluding carboxylic acids is 1. The molecule has 0 saturated heterocycles. The van der Waals surface area contributed by atoms with Gasteiger partial charge in [-0.05, 0) is 49.5 Å². The smallest absolute Gasteiger partial charge is 0.270 e. The maximum Gasteiger partial charge on any atom is 0.270 e. The molecule has 3 aromatic carbocycles. The van der Waals surface area contributed by atoms with E-state index in [0.29, 0.717) is 27.3 Å². The van der Waals surface area contributed by atoms with Gasteiger partial charge >= 0.3 is 0 Å². The quantitative estimate of drug-likeness (QED) is 0.0886. The highest BCUT2D eigenvalue weighted by Crippen LogP contribution is 2.30. The topological polar surface area (TPSA) is 118 Å². The average Bonchev–Trinajstić information content (AvgIpc) is 3.37. The lowest BCUT2D eigenvalue weighted by molar-refractivity contribution is -0.384. The Morgan fingerprint density at radius 3 is 2.66 bits per heavy atom. The van der Waals surface area contributed by atoms with Crippen LogP contribution in [-0.4, -0.2) is 33.3 Å². The van der Waals surface area contributed by atoms with E-state index in [0.717, 1.165) is 16.3 Å². The number of thiazole rings is 1. The van der Waals surface area contributed by atoms with E-state index >= 15 is 0 Å². The zero-order chi connectivity index (χ0) is 27.1. The fraction of sp³-hybridized carbons (Fsp3) is 0.115. The van der Waals surface area contributed by atoms with Crippen LogP contribution in [0.1, 0.15) is 6.92 Å². The van der Waals surface area contributed by atoms with Crippen molar-refractivity contribution < 1.29 is 14.5 Å². The predicted molar refractivity (Wildman–Crippen MR) is 157 cm³/mol. The van der Waals surface area contributed by atoms with E-state index in [2.05, 4.69) is 20.9 Å². The number of nitro benzene ring substituents is 1. The maximum absolute atomic E-state index is 12.8. The zero-order valence-electron chi connectivity index (χ0n) is 20.3. The first-order valence-electron chi connectivity index (χ1n) is 11.3. The number of amides is 1. The third-order valence-electron chi connectivity index (χ3n) is 5.22. The van der Waals surface area contributed by atoms with Crippen molar-refractivity contribution in [2.75, 3.05) is 23.1 Å². The first-order valence-corrected chi connectivity index (χ1v) is 13.5. The number of nitro groups is 1. The Morgan fingerprint density at radius 2 is 1.87 bits per heavy atom. The minimum atomic E-state index is -0.452. The molecule has 1 unspecified atom stereocenters. The van der Waals surface area contributed by atoms with Crippen LogP contribution in [0, 0.1) is 10.1 Å². The Bertz CT molecular complexity index is 1480. The summed E-state index contributed by atoms with van der Waals surface area (Å²) in [6, 6.07) is 21.3. The van der Waals surface area contributed by atoms with E-state index in [4.69, 9.17) is 17.0 Å². The van der Waals surface area contributed by atoms with Crippen molar-refractivity contribution in [3.8, 4) is 17.0 Å². The summed E-state index contributed by atoms with van der Waals surface area (Å²) in [7, 11) is 1.60. The van der Waals surface area contributed by atoms with Crippen LogP contribution in [0.3, 0.4) is 0 Å². The molecule has 0 fully saturated rings. The Morgan fingerprint density at radius 1 is 1.08 bits per heavy atom. The predicted octanol–water partition coefficient (Wildman–Crippen LogP) is 6.66. The molecule has 0 spiro atoms. The lowest BCUT2D eigenvalue weighted by Gasteiger charge is -2.14. The lowest BCUT2D eigenvalue weighted by atomic mass is 10.1. The number of ether oxygens (including phenoxy) is 1. The summed E-state index contributed by atoms with van der Waals surface area (Å²) in [4.78, 5) is 28.7. The van der Waals surface area contributed by atoms with Crippen molar-refractivity contribution in [3.05, 3.63) is 88.3 Å². The number of benzene rings is 3. The molecule has 0 saturated carbocycles. The highest BCUT2D eigenvalue weighted by atomic mass is 32.2. The molecule has 38 heavy (non-hydrogen) atoms. The number of hydrogen-bond acceptors (Lipinski definition) is 8. The fourth-order valence-electron chi connectivity index (χ4n) is 3.39. The number of carbonyl (C=O) groups is 1. The van der Waals surface area contributed by atoms with E-state index in [9.17, 15) is 14.9 Å². The number of hydrogen-bond donors (Lipinski definition) is 3. The highest BCUT2D eigenvalue weighted by molar-refractivity contribution is 8.00. The summed E-state index contributed by atoms with van der Waals surface area (Å²) in [5.41, 5.74) is 2.68. The number of thioether (sulfide) groups is 1. The maximum atomic E-state index is 12.8. The third-order valence-corrected chi connectivity index (χ3v) is 7.27. The summed E-state index contributed by atoms with van der Waals surface area (Å²) in [5, 5.41) is 22.3. The summed E-state index contributed by atoms with van der Waals surface area (Å²) in [6.45, 7) is 1.81. The molecule has 0 radical (unpaired) electrons. The van der Waals surface area contributed by atoms with Gasteiger partial charge in [0.15, 0.2) is 10.2 Å². The summed E-state index contributed by atoms with van der Waals surface area (Å²) in [6.07, 6.45) is 0. The number of methoxy groups -OCH3 is 1. The van der Waals surface area contributed by atoms with Gasteiger partial charge < -0.3 is 20.7 Å². The van der Waals surface area contributed by atoms with Crippen molar-refractivity contribution in [1.29, 1.82) is 0 Å². The van der Waals surface area contributed by atoms with Crippen molar-refractivity contribution in [2.24, 2.45) is 0 Å². The van der Waals surface area contributed by atoms with Crippen LogP contribution in [0.15, 0.2) is 83.1 Å². The standard InChI is InChI=1S/C26H23N5O4S3/c1-16(24(32)30-26-29-22(15-37-26)17-7-5-9-19(13-17)31(33)34)38-20-10-6-8-18(14-20)27-25(36)28-21-11-3-4-12-23(21)35-2/h3-16H,1-2H3,(H2,27,28,36)(H,29,30,32). The van der Waals surface area contributed by atoms with E-state index in [1.54, 1.807) is 24.6 Å². The second kappa shape index (κ2) is 12.5. The Balaban J connectivity index is 1.34. The number of nitrogens with zero attached hydrogens (tertiary/aromatic N) is 2. The molecule has 12 heteroatoms. The Labute approximate surface area is 232 Å². The molecule has 4 aromatic rings. The van der Waals surface area contributed by atoms with Crippen LogP contribution in [0.25, 0.3) is 11.3 Å². The summed E-state index contributed by atoms with van der Waals surface area (Å²) >= 11 is 8.10. The number of para-hydroxylation sites is 2. The largest absolute Gasteiger partial charge is 0.495 e. The van der Waals surface area contributed by atoms with Crippen molar-refractivity contribution in [1.82, 2.24) is 4.98 Å². The van der Waals surface area contributed by atoms with Gasteiger partial charge in [0.2, 0.25) is 5.91 Å². The number of nitrogens with one attached hydrogen (secondary N) is 3. The van der Waals surface area contributed by atoms with Gasteiger partial charge in [0.1, 0.15) is 5.75 Å². The third kappa shape index (κ3) is 7.06. The molecular formula is C26H23N5O4S3. The van der Waals surface area contributed by atoms with Crippen molar-refractivity contribution >= 4 is 68.5 Å². The molecule has 1 heterocycles. The molecule has 1 aromatic heterocycles. The molecule has 0 aliphatic heterocycles. The van der Waals surface area contributed by atoms with Gasteiger partial charge in [-0.2, -0.15) is 0 Å². The molecule has 194 valence electrons. The molecule has 0 bridgehead atoms. The van der Waals surface area contributed by atoms with Crippen molar-refractivity contribution in [3.63, 3.8) is 0 Å². The molecule has 1 atom stereocenters. The molecule has 1 amide bonds. The minimum Gasteiger partial charge on any atom is -0.495 e. The van der Waals surface area contributed by atoms with E-state index in [-0.39, 0.29) is 11.6 Å². The fourth-order valence-corrected chi connectivity index (χ4v) is 5.26. The van der Waals surface area contributed by atoms with Gasteiger partial charge in [-0.3, -0.25) is 14.9 Å². The monoisotopic (exact) mass is 565 g/mol. The lowest BCUT2D eigenvalue weighted by Crippen LogP contribution is -2.22. The SMILES string of the molecule is COc1ccccc1NC(=S)Nc1cccc(SC(C)C(=O)Nc2nc(-c3cccc([N+](=O)[O-])c3)cs2)c1. The van der Waals surface area contributed by atoms with E-state index < -0.39 is 10.2 Å². The second-order valence-corrected chi connectivity index (χ2v) is 10.6. The summed E-state index contributed by atoms with van der Waals surface area (Å²) < 4.78 is 5.34. The minimum absolute atomic E-state index is 0.0147. The zero-order valence-corrected chi connectivity index (χ0v) is 22.8. The van der Waals surface area contributed by atoms with Crippen LogP contribution in [-0.2, 0) is 4.79 Å². The van der Waals surface area contributed by atoms with Crippen LogP contribution in [0.5, 0.6) is 5.75 Å². The van der Waals surface area contributed by atoms with Gasteiger partial charge in [-0.1, -0.05) is 30.3 Å². The van der Waals surface area contributed by atoms with Gasteiger partial charge in [-0.25, -0.2) is 4.98 Å². The number of rotatable bonds is 9. The average molecular weight is 566 g/mol. The first-order chi connectivity index (χ1) is 18.3. The van der Waals surface area contributed by atoms with Crippen LogP contribution in [0.4, 0.5) is 22.2 Å². The molecular weight excluding hydrogens is 543 g/mol. The van der Waals surface area contributed by atoms with Gasteiger partial charge in [-0.15, -0.1) is 23.1 Å². The van der Waals surface area contributed by atoms with E-state index in [1.165, 1.54) is 35.2 Å². The second-order valence-electron chi connectivity index (χ2n) is 7.90. The van der Waals surface area contributed by atoms with Crippen LogP contribution < -0.4 is 20.7 Å². The number of non-ortho nitro benzene ring substituents is 1. The van der Waals surface area contributed by atoms with Gasteiger partial charge in [0.05, 0.1) is 28.7 Å². The highest BCUT2D eigenvalue weighted by Gasteiger charge is 2.17. The molecule has 0 aliphatic rings. The van der Waals surface area contributed by atoms with Crippen LogP contribution >= 0.6 is 35.3 Å². The Hall–Kier alpha value is -4.00. The first kappa shape index (κ1) is 27.0. The van der Waals surface area contributed by atoms with Gasteiger partial charge in [0, 0.05) is 33.7 Å². The summed E-state index contributed by atoms with van der Waals surface area (Å²) in [5.74, 6) is 0.472. The molecule has 3 N–H and O–H groups in total. The molecule has 4 rings (SSSR count). The van der Waals surface area contributed by atoms with Crippen LogP contribution in [0.2, 0.25) is 0 Å². The van der Waals surface area contributed by atoms with E-state index in [1.807, 2.05) is 55.5 Å². The van der Waals surface area contributed by atoms with Crippen molar-refractivity contribution in [2.45, 2.75) is 17.1 Å². The number of anilines is 3. The Kier molecular flexibility index (Phi) is 8.89.